The molecule has 0 fully saturated rings. The van der Waals surface area contributed by atoms with E-state index in [4.69, 9.17) is 4.55 Å². The second-order valence-corrected chi connectivity index (χ2v) is 5.98. The Labute approximate surface area is 123 Å². The Bertz CT molecular complexity index is 612. The quantitative estimate of drug-likeness (QED) is 0.356. The van der Waals surface area contributed by atoms with E-state index in [9.17, 15) is 18.5 Å². The fourth-order valence-corrected chi connectivity index (χ4v) is 2.45. The molecule has 1 atom stereocenters. The summed E-state index contributed by atoms with van der Waals surface area (Å²) in [6, 6.07) is 5.80. The van der Waals surface area contributed by atoms with E-state index in [2.05, 4.69) is 5.10 Å². The van der Waals surface area contributed by atoms with Crippen LogP contribution in [-0.4, -0.2) is 36.9 Å². The molecule has 9 heteroatoms. The smallest absolute Gasteiger partial charge is 0.269 e. The molecular formula is C12H17N3O5S. The maximum Gasteiger partial charge on any atom is 0.269 e. The first-order valence-electron chi connectivity index (χ1n) is 6.20. The highest BCUT2D eigenvalue weighted by atomic mass is 32.2. The Morgan fingerprint density at radius 2 is 2.00 bits per heavy atom. The first kappa shape index (κ1) is 17.1. The fraction of sp³-hybridized carbons (Fsp3) is 0.417. The van der Waals surface area contributed by atoms with Crippen molar-refractivity contribution in [2.45, 2.75) is 13.3 Å². The van der Waals surface area contributed by atoms with E-state index in [0.717, 1.165) is 0 Å². The maximum atomic E-state index is 10.8. The van der Waals surface area contributed by atoms with Crippen molar-refractivity contribution in [3.8, 4) is 0 Å². The normalized spacial score (nSPS) is 13.3. The molecule has 0 aliphatic rings. The van der Waals surface area contributed by atoms with Gasteiger partial charge in [-0.05, 0) is 18.6 Å². The van der Waals surface area contributed by atoms with Crippen LogP contribution in [0.1, 0.15) is 13.3 Å². The standard InChI is InChI=1S/C12H17N3O5S/c1-3-10(9-21(18,19)20)8-13-14(2)11-4-6-12(7-5-11)15(16)17/h4-8,10H,3,9H2,1-2H3,(H,18,19,20). The molecule has 0 saturated heterocycles. The van der Waals surface area contributed by atoms with Crippen LogP contribution >= 0.6 is 0 Å². The van der Waals surface area contributed by atoms with Crippen LogP contribution < -0.4 is 5.01 Å². The van der Waals surface area contributed by atoms with E-state index in [0.29, 0.717) is 12.1 Å². The molecule has 116 valence electrons. The summed E-state index contributed by atoms with van der Waals surface area (Å²) < 4.78 is 30.5. The molecule has 1 N–H and O–H groups in total. The summed E-state index contributed by atoms with van der Waals surface area (Å²) >= 11 is 0. The summed E-state index contributed by atoms with van der Waals surface area (Å²) in [6.45, 7) is 1.79. The number of hydrogen-bond donors (Lipinski definition) is 1. The molecule has 1 unspecified atom stereocenters. The van der Waals surface area contributed by atoms with Gasteiger partial charge in [0.1, 0.15) is 0 Å². The van der Waals surface area contributed by atoms with Crippen molar-refractivity contribution in [3.63, 3.8) is 0 Å². The monoisotopic (exact) mass is 315 g/mol. The van der Waals surface area contributed by atoms with E-state index >= 15 is 0 Å². The number of hydrogen-bond acceptors (Lipinski definition) is 6. The van der Waals surface area contributed by atoms with Gasteiger partial charge in [0.05, 0.1) is 16.4 Å². The van der Waals surface area contributed by atoms with Gasteiger partial charge in [-0.3, -0.25) is 19.7 Å². The first-order chi connectivity index (χ1) is 9.73. The lowest BCUT2D eigenvalue weighted by Gasteiger charge is -2.14. The first-order valence-corrected chi connectivity index (χ1v) is 7.81. The van der Waals surface area contributed by atoms with Gasteiger partial charge in [-0.1, -0.05) is 6.92 Å². The van der Waals surface area contributed by atoms with Crippen LogP contribution in [-0.2, 0) is 10.1 Å². The van der Waals surface area contributed by atoms with Gasteiger partial charge < -0.3 is 0 Å². The predicted octanol–water partition coefficient (Wildman–Crippen LogP) is 1.93. The topological polar surface area (TPSA) is 113 Å². The van der Waals surface area contributed by atoms with Crippen LogP contribution in [0.15, 0.2) is 29.4 Å². The van der Waals surface area contributed by atoms with Gasteiger partial charge in [-0.2, -0.15) is 13.5 Å². The zero-order chi connectivity index (χ0) is 16.0. The number of rotatable bonds is 7. The van der Waals surface area contributed by atoms with Gasteiger partial charge in [0.15, 0.2) is 0 Å². The van der Waals surface area contributed by atoms with E-state index in [1.807, 2.05) is 0 Å². The molecule has 0 bridgehead atoms. The SMILES string of the molecule is CCC(C=NN(C)c1ccc([N+](=O)[O-])cc1)CS(=O)(=O)O. The van der Waals surface area contributed by atoms with Crippen molar-refractivity contribution in [2.75, 3.05) is 17.8 Å². The van der Waals surface area contributed by atoms with Crippen molar-refractivity contribution < 1.29 is 17.9 Å². The van der Waals surface area contributed by atoms with Crippen LogP contribution in [0.4, 0.5) is 11.4 Å². The lowest BCUT2D eigenvalue weighted by molar-refractivity contribution is -0.384. The third-order valence-electron chi connectivity index (χ3n) is 2.83. The molecule has 0 saturated carbocycles. The van der Waals surface area contributed by atoms with Gasteiger partial charge in [0.2, 0.25) is 0 Å². The molecule has 0 spiro atoms. The minimum Gasteiger partial charge on any atom is -0.286 e. The van der Waals surface area contributed by atoms with Crippen molar-refractivity contribution >= 4 is 27.7 Å². The molecule has 0 heterocycles. The molecule has 1 aromatic rings. The molecular weight excluding hydrogens is 298 g/mol. The van der Waals surface area contributed by atoms with Crippen molar-refractivity contribution in [3.05, 3.63) is 34.4 Å². The lowest BCUT2D eigenvalue weighted by atomic mass is 10.1. The second-order valence-electron chi connectivity index (χ2n) is 4.48. The number of nitrogens with zero attached hydrogens (tertiary/aromatic N) is 3. The van der Waals surface area contributed by atoms with Crippen LogP contribution in [0.5, 0.6) is 0 Å². The zero-order valence-electron chi connectivity index (χ0n) is 11.7. The summed E-state index contributed by atoms with van der Waals surface area (Å²) in [6.07, 6.45) is 1.95. The van der Waals surface area contributed by atoms with E-state index in [1.165, 1.54) is 23.4 Å². The summed E-state index contributed by atoms with van der Waals surface area (Å²) in [7, 11) is -2.41. The fourth-order valence-electron chi connectivity index (χ4n) is 1.59. The van der Waals surface area contributed by atoms with Crippen LogP contribution in [0.2, 0.25) is 0 Å². The third-order valence-corrected chi connectivity index (χ3v) is 3.68. The number of non-ortho nitro benzene ring substituents is 1. The van der Waals surface area contributed by atoms with Crippen LogP contribution in [0.3, 0.4) is 0 Å². The van der Waals surface area contributed by atoms with Gasteiger partial charge in [0, 0.05) is 31.3 Å². The number of hydrazone groups is 1. The van der Waals surface area contributed by atoms with Gasteiger partial charge in [-0.25, -0.2) is 0 Å². The molecule has 0 aliphatic carbocycles. The van der Waals surface area contributed by atoms with E-state index < -0.39 is 21.0 Å². The van der Waals surface area contributed by atoms with Crippen LogP contribution in [0.25, 0.3) is 0 Å². The number of nitro groups is 1. The molecule has 0 aromatic heterocycles. The van der Waals surface area contributed by atoms with Gasteiger partial charge in [0.25, 0.3) is 15.8 Å². The molecule has 8 nitrogen and oxygen atoms in total. The van der Waals surface area contributed by atoms with Crippen molar-refractivity contribution in [1.29, 1.82) is 0 Å². The molecule has 21 heavy (non-hydrogen) atoms. The zero-order valence-corrected chi connectivity index (χ0v) is 12.5. The minimum atomic E-state index is -4.05. The third kappa shape index (κ3) is 5.88. The molecule has 0 amide bonds. The van der Waals surface area contributed by atoms with Crippen molar-refractivity contribution in [2.24, 2.45) is 11.0 Å². The Balaban J connectivity index is 2.76. The van der Waals surface area contributed by atoms with E-state index in [-0.39, 0.29) is 11.4 Å². The second kappa shape index (κ2) is 7.14. The highest BCUT2D eigenvalue weighted by Gasteiger charge is 2.13. The predicted molar refractivity (Wildman–Crippen MR) is 80.2 cm³/mol. The average molecular weight is 315 g/mol. The lowest BCUT2D eigenvalue weighted by Crippen LogP contribution is -2.18. The minimum absolute atomic E-state index is 0.0195. The Kier molecular flexibility index (Phi) is 5.79. The van der Waals surface area contributed by atoms with E-state index in [1.54, 1.807) is 26.1 Å². The average Bonchev–Trinajstić information content (AvgIpc) is 2.41. The van der Waals surface area contributed by atoms with Crippen LogP contribution in [0, 0.1) is 16.0 Å². The number of anilines is 1. The Hall–Kier alpha value is -2.00. The maximum absolute atomic E-state index is 10.8. The number of benzene rings is 1. The highest BCUT2D eigenvalue weighted by Crippen LogP contribution is 2.18. The van der Waals surface area contributed by atoms with Gasteiger partial charge >= 0.3 is 0 Å². The molecule has 1 aromatic carbocycles. The molecule has 1 rings (SSSR count). The Morgan fingerprint density at radius 1 is 1.43 bits per heavy atom. The van der Waals surface area contributed by atoms with Gasteiger partial charge in [-0.15, -0.1) is 0 Å². The summed E-state index contributed by atoms with van der Waals surface area (Å²) in [5.74, 6) is -0.790. The Morgan fingerprint density at radius 3 is 2.43 bits per heavy atom. The number of nitro benzene ring substituents is 1. The summed E-state index contributed by atoms with van der Waals surface area (Å²) in [4.78, 5) is 10.1. The summed E-state index contributed by atoms with van der Waals surface area (Å²) in [5, 5.41) is 16.1. The summed E-state index contributed by atoms with van der Waals surface area (Å²) in [5.41, 5.74) is 0.604. The molecule has 0 aliphatic heterocycles. The molecule has 0 radical (unpaired) electrons. The largest absolute Gasteiger partial charge is 0.286 e. The van der Waals surface area contributed by atoms with Crippen molar-refractivity contribution in [1.82, 2.24) is 0 Å². The highest BCUT2D eigenvalue weighted by molar-refractivity contribution is 7.85.